The molecule has 1 aliphatic carbocycles. The highest BCUT2D eigenvalue weighted by Crippen LogP contribution is 2.31. The molecular formula is C12H18BrNO3S2. The molecular weight excluding hydrogens is 350 g/mol. The molecule has 0 aliphatic heterocycles. The third-order valence-corrected chi connectivity index (χ3v) is 6.72. The highest BCUT2D eigenvalue weighted by atomic mass is 79.9. The molecule has 108 valence electrons. The van der Waals surface area contributed by atoms with Crippen LogP contribution >= 0.6 is 27.3 Å². The van der Waals surface area contributed by atoms with Gasteiger partial charge in [-0.25, -0.2) is 13.1 Å². The van der Waals surface area contributed by atoms with Crippen molar-refractivity contribution >= 4 is 37.3 Å². The third-order valence-electron chi connectivity index (χ3n) is 3.51. The number of thiophene rings is 1. The van der Waals surface area contributed by atoms with Gasteiger partial charge in [-0.05, 0) is 41.8 Å². The van der Waals surface area contributed by atoms with Gasteiger partial charge in [0.2, 0.25) is 10.0 Å². The zero-order valence-electron chi connectivity index (χ0n) is 10.8. The zero-order chi connectivity index (χ0) is 14.1. The van der Waals surface area contributed by atoms with Gasteiger partial charge in [0.1, 0.15) is 0 Å². The van der Waals surface area contributed by atoms with E-state index < -0.39 is 15.6 Å². The molecule has 0 bridgehead atoms. The number of nitrogens with one attached hydrogen (secondary N) is 1. The Kier molecular flexibility index (Phi) is 4.72. The van der Waals surface area contributed by atoms with Gasteiger partial charge in [-0.15, -0.1) is 11.3 Å². The van der Waals surface area contributed by atoms with Crippen LogP contribution in [0.3, 0.4) is 0 Å². The molecule has 0 saturated heterocycles. The van der Waals surface area contributed by atoms with Crippen LogP contribution in [0.2, 0.25) is 0 Å². The van der Waals surface area contributed by atoms with Crippen LogP contribution in [0, 0.1) is 6.92 Å². The monoisotopic (exact) mass is 367 g/mol. The normalized spacial score (nSPS) is 19.5. The molecule has 0 unspecified atom stereocenters. The number of hydrogen-bond donors (Lipinski definition) is 2. The van der Waals surface area contributed by atoms with E-state index in [1.165, 1.54) is 11.3 Å². The molecule has 7 heteroatoms. The number of sulfonamides is 1. The van der Waals surface area contributed by atoms with Crippen LogP contribution in [0.1, 0.15) is 37.0 Å². The van der Waals surface area contributed by atoms with Crippen LogP contribution in [-0.2, 0) is 10.0 Å². The van der Waals surface area contributed by atoms with Gasteiger partial charge in [0.05, 0.1) is 14.3 Å². The molecule has 1 heterocycles. The second-order valence-corrected chi connectivity index (χ2v) is 9.45. The fourth-order valence-electron chi connectivity index (χ4n) is 2.39. The predicted octanol–water partition coefficient (Wildman–Crippen LogP) is 2.79. The second kappa shape index (κ2) is 5.81. The fraction of sp³-hybridized carbons (Fsp3) is 0.667. The van der Waals surface area contributed by atoms with E-state index in [-0.39, 0.29) is 6.54 Å². The van der Waals surface area contributed by atoms with Crippen LogP contribution in [0.15, 0.2) is 14.7 Å². The van der Waals surface area contributed by atoms with Crippen molar-refractivity contribution in [1.29, 1.82) is 0 Å². The standard InChI is InChI=1S/C12H18BrNO3S2/c1-9-10(7-11(13)18-9)19(16,17)14-8-12(15)5-3-2-4-6-12/h7,14-15H,2-6,8H2,1H3. The number of aryl methyl sites for hydroxylation is 1. The van der Waals surface area contributed by atoms with Gasteiger partial charge >= 0.3 is 0 Å². The van der Waals surface area contributed by atoms with Crippen LogP contribution in [-0.4, -0.2) is 25.7 Å². The SMILES string of the molecule is Cc1sc(Br)cc1S(=O)(=O)NCC1(O)CCCCC1. The van der Waals surface area contributed by atoms with E-state index in [2.05, 4.69) is 20.7 Å². The van der Waals surface area contributed by atoms with Gasteiger partial charge in [0, 0.05) is 11.4 Å². The molecule has 19 heavy (non-hydrogen) atoms. The smallest absolute Gasteiger partial charge is 0.241 e. The van der Waals surface area contributed by atoms with Crippen LogP contribution in [0.5, 0.6) is 0 Å². The quantitative estimate of drug-likeness (QED) is 0.859. The molecule has 0 radical (unpaired) electrons. The lowest BCUT2D eigenvalue weighted by molar-refractivity contribution is 0.00945. The molecule has 1 saturated carbocycles. The van der Waals surface area contributed by atoms with Gasteiger partial charge in [0.25, 0.3) is 0 Å². The minimum atomic E-state index is -3.54. The van der Waals surface area contributed by atoms with E-state index in [0.717, 1.165) is 27.9 Å². The Morgan fingerprint density at radius 3 is 2.58 bits per heavy atom. The van der Waals surface area contributed by atoms with Crippen molar-refractivity contribution in [3.8, 4) is 0 Å². The lowest BCUT2D eigenvalue weighted by Gasteiger charge is -2.32. The third kappa shape index (κ3) is 3.78. The molecule has 0 spiro atoms. The fourth-order valence-corrected chi connectivity index (χ4v) is 5.92. The summed E-state index contributed by atoms with van der Waals surface area (Å²) in [7, 11) is -3.54. The van der Waals surface area contributed by atoms with E-state index >= 15 is 0 Å². The highest BCUT2D eigenvalue weighted by molar-refractivity contribution is 9.11. The van der Waals surface area contributed by atoms with Crippen molar-refractivity contribution in [3.05, 3.63) is 14.7 Å². The summed E-state index contributed by atoms with van der Waals surface area (Å²) in [5.74, 6) is 0. The van der Waals surface area contributed by atoms with Crippen molar-refractivity contribution in [1.82, 2.24) is 4.72 Å². The van der Waals surface area contributed by atoms with Gasteiger partial charge in [-0.3, -0.25) is 0 Å². The Hall–Kier alpha value is 0.0500. The summed E-state index contributed by atoms with van der Waals surface area (Å²) in [5, 5.41) is 10.3. The summed E-state index contributed by atoms with van der Waals surface area (Å²) in [6.07, 6.45) is 4.37. The van der Waals surface area contributed by atoms with E-state index in [1.54, 1.807) is 13.0 Å². The molecule has 0 amide bonds. The van der Waals surface area contributed by atoms with E-state index in [1.807, 2.05) is 0 Å². The first kappa shape index (κ1) is 15.4. The van der Waals surface area contributed by atoms with Crippen LogP contribution in [0.4, 0.5) is 0 Å². The maximum Gasteiger partial charge on any atom is 0.241 e. The van der Waals surface area contributed by atoms with Gasteiger partial charge in [-0.1, -0.05) is 19.3 Å². The summed E-state index contributed by atoms with van der Waals surface area (Å²) < 4.78 is 27.8. The number of aliphatic hydroxyl groups is 1. The molecule has 4 nitrogen and oxygen atoms in total. The molecule has 0 atom stereocenters. The molecule has 1 aromatic rings. The molecule has 1 aromatic heterocycles. The lowest BCUT2D eigenvalue weighted by atomic mass is 9.85. The topological polar surface area (TPSA) is 66.4 Å². The Balaban J connectivity index is 2.07. The molecule has 1 aliphatic rings. The highest BCUT2D eigenvalue weighted by Gasteiger charge is 2.31. The Morgan fingerprint density at radius 1 is 1.42 bits per heavy atom. The van der Waals surface area contributed by atoms with Crippen molar-refractivity contribution in [3.63, 3.8) is 0 Å². The lowest BCUT2D eigenvalue weighted by Crippen LogP contribution is -2.44. The van der Waals surface area contributed by atoms with Crippen molar-refractivity contribution in [2.75, 3.05) is 6.54 Å². The first-order valence-electron chi connectivity index (χ1n) is 6.30. The maximum atomic E-state index is 12.2. The van der Waals surface area contributed by atoms with E-state index in [4.69, 9.17) is 0 Å². The van der Waals surface area contributed by atoms with E-state index in [9.17, 15) is 13.5 Å². The molecule has 0 aromatic carbocycles. The Morgan fingerprint density at radius 2 is 2.05 bits per heavy atom. The molecule has 2 N–H and O–H groups in total. The maximum absolute atomic E-state index is 12.2. The first-order chi connectivity index (χ1) is 8.82. The van der Waals surface area contributed by atoms with Crippen LogP contribution in [0.25, 0.3) is 0 Å². The summed E-state index contributed by atoms with van der Waals surface area (Å²) in [4.78, 5) is 1.04. The Bertz CT molecular complexity index is 547. The predicted molar refractivity (Wildman–Crippen MR) is 80.0 cm³/mol. The van der Waals surface area contributed by atoms with Crippen molar-refractivity contribution < 1.29 is 13.5 Å². The summed E-state index contributed by atoms with van der Waals surface area (Å²) in [5.41, 5.74) is -0.882. The van der Waals surface area contributed by atoms with Gasteiger partial charge in [-0.2, -0.15) is 0 Å². The van der Waals surface area contributed by atoms with Gasteiger partial charge < -0.3 is 5.11 Å². The minimum absolute atomic E-state index is 0.0994. The molecule has 1 fully saturated rings. The summed E-state index contributed by atoms with van der Waals surface area (Å²) in [6, 6.07) is 1.60. The zero-order valence-corrected chi connectivity index (χ0v) is 14.0. The van der Waals surface area contributed by atoms with Crippen molar-refractivity contribution in [2.24, 2.45) is 0 Å². The summed E-state index contributed by atoms with van der Waals surface area (Å²) >= 11 is 4.68. The van der Waals surface area contributed by atoms with E-state index in [0.29, 0.717) is 17.7 Å². The average Bonchev–Trinajstić information content (AvgIpc) is 2.68. The summed E-state index contributed by atoms with van der Waals surface area (Å²) in [6.45, 7) is 1.88. The molecule has 2 rings (SSSR count). The second-order valence-electron chi connectivity index (χ2n) is 5.08. The number of rotatable bonds is 4. The van der Waals surface area contributed by atoms with Gasteiger partial charge in [0.15, 0.2) is 0 Å². The van der Waals surface area contributed by atoms with Crippen molar-refractivity contribution in [2.45, 2.75) is 49.5 Å². The number of halogens is 1. The Labute approximate surface area is 126 Å². The average molecular weight is 368 g/mol. The largest absolute Gasteiger partial charge is 0.389 e. The minimum Gasteiger partial charge on any atom is -0.389 e. The number of hydrogen-bond acceptors (Lipinski definition) is 4. The first-order valence-corrected chi connectivity index (χ1v) is 9.40. The van der Waals surface area contributed by atoms with Crippen LogP contribution < -0.4 is 4.72 Å².